The lowest BCUT2D eigenvalue weighted by molar-refractivity contribution is -0.265. The maximum absolute atomic E-state index is 4.99. The molecule has 0 radical (unpaired) electrons. The van der Waals surface area contributed by atoms with Crippen molar-refractivity contribution in [3.8, 4) is 0 Å². The number of methoxy groups -OCH3 is 2. The standard InChI is InChI=1S/C5H11NO2/c1-7-5(8-2)3-4-6-5/h6H,3-4H2,1-2H3. The van der Waals surface area contributed by atoms with Gasteiger partial charge in [0.2, 0.25) is 5.91 Å². The number of ether oxygens (including phenoxy) is 2. The number of hydrogen-bond acceptors (Lipinski definition) is 3. The molecule has 0 aromatic heterocycles. The molecule has 3 heteroatoms. The third-order valence-corrected chi connectivity index (χ3v) is 1.51. The molecule has 1 fully saturated rings. The average Bonchev–Trinajstić information content (AvgIpc) is 1.67. The van der Waals surface area contributed by atoms with Crippen molar-refractivity contribution in [2.24, 2.45) is 0 Å². The first-order valence-corrected chi connectivity index (χ1v) is 2.68. The van der Waals surface area contributed by atoms with Crippen LogP contribution in [0.5, 0.6) is 0 Å². The third kappa shape index (κ3) is 0.727. The molecule has 0 spiro atoms. The molecule has 1 rings (SSSR count). The first kappa shape index (κ1) is 6.01. The van der Waals surface area contributed by atoms with Crippen LogP contribution in [0.1, 0.15) is 6.42 Å². The lowest BCUT2D eigenvalue weighted by atomic mass is 10.2. The van der Waals surface area contributed by atoms with E-state index in [4.69, 9.17) is 9.47 Å². The largest absolute Gasteiger partial charge is 0.341 e. The van der Waals surface area contributed by atoms with E-state index in [0.29, 0.717) is 0 Å². The molecule has 3 nitrogen and oxygen atoms in total. The second-order valence-corrected chi connectivity index (χ2v) is 1.84. The van der Waals surface area contributed by atoms with E-state index in [-0.39, 0.29) is 0 Å². The molecule has 0 aromatic rings. The number of hydrogen-bond donors (Lipinski definition) is 1. The fraction of sp³-hybridized carbons (Fsp3) is 1.00. The van der Waals surface area contributed by atoms with E-state index in [1.54, 1.807) is 14.2 Å². The van der Waals surface area contributed by atoms with Crippen LogP contribution in [0.2, 0.25) is 0 Å². The van der Waals surface area contributed by atoms with E-state index >= 15 is 0 Å². The second kappa shape index (κ2) is 2.01. The van der Waals surface area contributed by atoms with Crippen molar-refractivity contribution in [1.29, 1.82) is 0 Å². The molecule has 8 heavy (non-hydrogen) atoms. The van der Waals surface area contributed by atoms with Gasteiger partial charge in [0.25, 0.3) is 0 Å². The topological polar surface area (TPSA) is 30.5 Å². The summed E-state index contributed by atoms with van der Waals surface area (Å²) in [6.45, 7) is 0.988. The second-order valence-electron chi connectivity index (χ2n) is 1.84. The highest BCUT2D eigenvalue weighted by atomic mass is 16.7. The highest BCUT2D eigenvalue weighted by molar-refractivity contribution is 4.77. The first-order valence-electron chi connectivity index (χ1n) is 2.68. The molecule has 0 aliphatic carbocycles. The Morgan fingerprint density at radius 1 is 1.38 bits per heavy atom. The number of nitrogens with one attached hydrogen (secondary N) is 1. The summed E-state index contributed by atoms with van der Waals surface area (Å²) < 4.78 is 9.98. The Hall–Kier alpha value is -0.120. The van der Waals surface area contributed by atoms with Crippen LogP contribution in [0.25, 0.3) is 0 Å². The smallest absolute Gasteiger partial charge is 0.228 e. The highest BCUT2D eigenvalue weighted by Crippen LogP contribution is 2.18. The Morgan fingerprint density at radius 2 is 1.88 bits per heavy atom. The van der Waals surface area contributed by atoms with E-state index in [1.807, 2.05) is 0 Å². The fourth-order valence-electron chi connectivity index (χ4n) is 0.761. The quantitative estimate of drug-likeness (QED) is 0.513. The van der Waals surface area contributed by atoms with E-state index in [0.717, 1.165) is 13.0 Å². The van der Waals surface area contributed by atoms with E-state index in [2.05, 4.69) is 5.32 Å². The summed E-state index contributed by atoms with van der Waals surface area (Å²) in [4.78, 5) is 0. The molecule has 0 saturated carbocycles. The summed E-state index contributed by atoms with van der Waals surface area (Å²) in [6, 6.07) is 0. The monoisotopic (exact) mass is 117 g/mol. The molecule has 0 aromatic carbocycles. The average molecular weight is 117 g/mol. The Bertz CT molecular complexity index is 67.0. The van der Waals surface area contributed by atoms with Crippen molar-refractivity contribution in [3.63, 3.8) is 0 Å². The summed E-state index contributed by atoms with van der Waals surface area (Å²) in [6.07, 6.45) is 0.944. The van der Waals surface area contributed by atoms with Crippen LogP contribution in [0.15, 0.2) is 0 Å². The van der Waals surface area contributed by atoms with Gasteiger partial charge >= 0.3 is 0 Å². The van der Waals surface area contributed by atoms with Crippen molar-refractivity contribution >= 4 is 0 Å². The van der Waals surface area contributed by atoms with Gasteiger partial charge in [-0.1, -0.05) is 0 Å². The molecule has 1 N–H and O–H groups in total. The Kier molecular flexibility index (Phi) is 1.51. The maximum atomic E-state index is 4.99. The van der Waals surface area contributed by atoms with Gasteiger partial charge in [0.05, 0.1) is 0 Å². The Morgan fingerprint density at radius 3 is 1.88 bits per heavy atom. The minimum Gasteiger partial charge on any atom is -0.341 e. The van der Waals surface area contributed by atoms with Crippen LogP contribution in [0.4, 0.5) is 0 Å². The summed E-state index contributed by atoms with van der Waals surface area (Å²) in [5.41, 5.74) is 0. The van der Waals surface area contributed by atoms with E-state index in [9.17, 15) is 0 Å². The predicted octanol–water partition coefficient (Wildman–Crippen LogP) is -0.0737. The molecule has 1 heterocycles. The molecular formula is C5H11NO2. The molecule has 0 bridgehead atoms. The van der Waals surface area contributed by atoms with Crippen molar-refractivity contribution in [2.45, 2.75) is 12.3 Å². The molecule has 0 amide bonds. The lowest BCUT2D eigenvalue weighted by Gasteiger charge is -2.39. The SMILES string of the molecule is COC1(OC)CCN1. The van der Waals surface area contributed by atoms with E-state index in [1.165, 1.54) is 0 Å². The van der Waals surface area contributed by atoms with Gasteiger partial charge in [0.1, 0.15) is 0 Å². The zero-order valence-electron chi connectivity index (χ0n) is 5.23. The zero-order chi connectivity index (χ0) is 6.04. The number of rotatable bonds is 2. The van der Waals surface area contributed by atoms with Gasteiger partial charge in [-0.15, -0.1) is 0 Å². The molecule has 1 aliphatic heterocycles. The third-order valence-electron chi connectivity index (χ3n) is 1.51. The lowest BCUT2D eigenvalue weighted by Crippen LogP contribution is -2.59. The van der Waals surface area contributed by atoms with Crippen LogP contribution >= 0.6 is 0 Å². The normalized spacial score (nSPS) is 24.8. The van der Waals surface area contributed by atoms with Gasteiger partial charge < -0.3 is 9.47 Å². The Balaban J connectivity index is 2.33. The molecule has 1 aliphatic rings. The summed E-state index contributed by atoms with van der Waals surface area (Å²) >= 11 is 0. The fourth-order valence-corrected chi connectivity index (χ4v) is 0.761. The van der Waals surface area contributed by atoms with Gasteiger partial charge in [0.15, 0.2) is 0 Å². The van der Waals surface area contributed by atoms with Gasteiger partial charge in [-0.05, 0) is 0 Å². The van der Waals surface area contributed by atoms with Gasteiger partial charge in [-0.25, -0.2) is 0 Å². The summed E-state index contributed by atoms with van der Waals surface area (Å²) in [5, 5.41) is 3.01. The van der Waals surface area contributed by atoms with Gasteiger partial charge in [-0.2, -0.15) is 0 Å². The van der Waals surface area contributed by atoms with Gasteiger partial charge in [0, 0.05) is 27.2 Å². The van der Waals surface area contributed by atoms with Crippen LogP contribution < -0.4 is 5.32 Å². The molecule has 0 atom stereocenters. The zero-order valence-corrected chi connectivity index (χ0v) is 5.23. The van der Waals surface area contributed by atoms with Crippen molar-refractivity contribution < 1.29 is 9.47 Å². The predicted molar refractivity (Wildman–Crippen MR) is 29.4 cm³/mol. The van der Waals surface area contributed by atoms with Crippen LogP contribution in [-0.2, 0) is 9.47 Å². The maximum Gasteiger partial charge on any atom is 0.228 e. The van der Waals surface area contributed by atoms with Crippen LogP contribution in [-0.4, -0.2) is 26.7 Å². The molecule has 0 unspecified atom stereocenters. The van der Waals surface area contributed by atoms with Gasteiger partial charge in [-0.3, -0.25) is 5.32 Å². The molecular weight excluding hydrogens is 106 g/mol. The minimum absolute atomic E-state index is 0.444. The minimum atomic E-state index is -0.444. The van der Waals surface area contributed by atoms with Crippen molar-refractivity contribution in [2.75, 3.05) is 20.8 Å². The highest BCUT2D eigenvalue weighted by Gasteiger charge is 2.36. The summed E-state index contributed by atoms with van der Waals surface area (Å²) in [7, 11) is 3.27. The Labute approximate surface area is 49.0 Å². The molecule has 48 valence electrons. The van der Waals surface area contributed by atoms with Crippen LogP contribution in [0, 0.1) is 0 Å². The van der Waals surface area contributed by atoms with Crippen molar-refractivity contribution in [1.82, 2.24) is 5.32 Å². The van der Waals surface area contributed by atoms with E-state index < -0.39 is 5.91 Å². The first-order chi connectivity index (χ1) is 3.83. The van der Waals surface area contributed by atoms with Crippen molar-refractivity contribution in [3.05, 3.63) is 0 Å². The summed E-state index contributed by atoms with van der Waals surface area (Å²) in [5.74, 6) is -0.444. The molecule has 1 saturated heterocycles. The van der Waals surface area contributed by atoms with Crippen LogP contribution in [0.3, 0.4) is 0 Å².